The Bertz CT molecular complexity index is 883. The zero-order chi connectivity index (χ0) is 26.6. The molecule has 0 aliphatic rings. The summed E-state index contributed by atoms with van der Waals surface area (Å²) in [5, 5.41) is 12.4. The van der Waals surface area contributed by atoms with Gasteiger partial charge in [-0.3, -0.25) is 4.79 Å². The summed E-state index contributed by atoms with van der Waals surface area (Å²) < 4.78 is 0. The van der Waals surface area contributed by atoms with E-state index in [0.717, 1.165) is 17.7 Å². The summed E-state index contributed by atoms with van der Waals surface area (Å²) in [5.41, 5.74) is 3.67. The molecule has 0 atom stereocenters. The van der Waals surface area contributed by atoms with Gasteiger partial charge in [-0.2, -0.15) is 0 Å². The number of unbranched alkanes of at least 4 members (excludes halogenated alkanes) is 15. The number of benzene rings is 2. The summed E-state index contributed by atoms with van der Waals surface area (Å²) >= 11 is 0. The number of nitrogens with one attached hydrogen (secondary N) is 1. The molecule has 0 bridgehead atoms. The average molecular weight is 506 g/mol. The molecule has 1 amide bonds. The first kappa shape index (κ1) is 30.7. The van der Waals surface area contributed by atoms with Crippen LogP contribution in [0.5, 0.6) is 5.75 Å². The molecule has 0 spiro atoms. The first-order valence-corrected chi connectivity index (χ1v) is 15.0. The predicted octanol–water partition coefficient (Wildman–Crippen LogP) is 10.2. The van der Waals surface area contributed by atoms with Crippen molar-refractivity contribution in [3.05, 3.63) is 65.2 Å². The lowest BCUT2D eigenvalue weighted by Gasteiger charge is -2.08. The van der Waals surface area contributed by atoms with Gasteiger partial charge in [-0.25, -0.2) is 0 Å². The second-order valence-electron chi connectivity index (χ2n) is 10.6. The molecule has 0 heterocycles. The SMILES string of the molecule is CCCCCCCCCCCCCCCCCCc1ccc(NC(=O)/C(C)=C/c2ccc(O)cc2)cc1. The molecule has 2 aromatic rings. The Hall–Kier alpha value is -2.55. The van der Waals surface area contributed by atoms with Gasteiger partial charge in [0, 0.05) is 11.3 Å². The summed E-state index contributed by atoms with van der Waals surface area (Å²) in [6, 6.07) is 15.1. The number of hydrogen-bond donors (Lipinski definition) is 2. The molecule has 0 saturated heterocycles. The molecule has 2 aromatic carbocycles. The average Bonchev–Trinajstić information content (AvgIpc) is 2.90. The third-order valence-corrected chi connectivity index (χ3v) is 7.17. The van der Waals surface area contributed by atoms with E-state index in [4.69, 9.17) is 0 Å². The number of aromatic hydroxyl groups is 1. The molecule has 0 aliphatic carbocycles. The van der Waals surface area contributed by atoms with Crippen molar-refractivity contribution < 1.29 is 9.90 Å². The molecule has 2 N–H and O–H groups in total. The molecule has 0 radical (unpaired) electrons. The van der Waals surface area contributed by atoms with Crippen molar-refractivity contribution in [3.8, 4) is 5.75 Å². The molecule has 2 rings (SSSR count). The molecule has 3 nitrogen and oxygen atoms in total. The molecule has 0 aliphatic heterocycles. The third kappa shape index (κ3) is 14.7. The van der Waals surface area contributed by atoms with Gasteiger partial charge in [-0.1, -0.05) is 128 Å². The molecule has 0 saturated carbocycles. The van der Waals surface area contributed by atoms with Gasteiger partial charge in [-0.15, -0.1) is 0 Å². The van der Waals surface area contributed by atoms with Crippen LogP contribution in [0.1, 0.15) is 128 Å². The van der Waals surface area contributed by atoms with E-state index in [0.29, 0.717) is 5.57 Å². The minimum Gasteiger partial charge on any atom is -0.508 e. The summed E-state index contributed by atoms with van der Waals surface area (Å²) in [7, 11) is 0. The Kier molecular flexibility index (Phi) is 16.2. The van der Waals surface area contributed by atoms with Crippen LogP contribution in [0.15, 0.2) is 54.1 Å². The number of rotatable bonds is 20. The van der Waals surface area contributed by atoms with Gasteiger partial charge in [0.15, 0.2) is 0 Å². The molecule has 0 fully saturated rings. The van der Waals surface area contributed by atoms with E-state index in [9.17, 15) is 9.90 Å². The van der Waals surface area contributed by atoms with E-state index in [1.807, 2.05) is 18.2 Å². The minimum absolute atomic E-state index is 0.112. The molecule has 3 heteroatoms. The van der Waals surface area contributed by atoms with Crippen LogP contribution in [0.2, 0.25) is 0 Å². The molecular formula is C34H51NO2. The number of phenolic OH excluding ortho intramolecular Hbond substituents is 1. The predicted molar refractivity (Wildman–Crippen MR) is 160 cm³/mol. The maximum Gasteiger partial charge on any atom is 0.251 e. The lowest BCUT2D eigenvalue weighted by atomic mass is 10.0. The zero-order valence-electron chi connectivity index (χ0n) is 23.6. The molecule has 37 heavy (non-hydrogen) atoms. The van der Waals surface area contributed by atoms with E-state index in [2.05, 4.69) is 24.4 Å². The highest BCUT2D eigenvalue weighted by Crippen LogP contribution is 2.17. The number of anilines is 1. The Morgan fingerprint density at radius 2 is 1.14 bits per heavy atom. The topological polar surface area (TPSA) is 49.3 Å². The van der Waals surface area contributed by atoms with Crippen molar-refractivity contribution in [2.24, 2.45) is 0 Å². The highest BCUT2D eigenvalue weighted by Gasteiger charge is 2.05. The van der Waals surface area contributed by atoms with Crippen LogP contribution < -0.4 is 5.32 Å². The molecule has 0 unspecified atom stereocenters. The van der Waals surface area contributed by atoms with Gasteiger partial charge in [0.2, 0.25) is 0 Å². The third-order valence-electron chi connectivity index (χ3n) is 7.17. The Labute approximate surface area is 226 Å². The molecular weight excluding hydrogens is 454 g/mol. The standard InChI is InChI=1S/C34H51NO2/c1-3-4-5-6-7-8-9-10-11-12-13-14-15-16-17-18-19-30-20-24-32(25-21-30)35-34(37)29(2)28-31-22-26-33(36)27-23-31/h20-28,36H,3-19H2,1-2H3,(H,35,37)/b29-28+. The van der Waals surface area contributed by atoms with Crippen LogP contribution in [0.4, 0.5) is 5.69 Å². The van der Waals surface area contributed by atoms with Gasteiger partial charge >= 0.3 is 0 Å². The first-order valence-electron chi connectivity index (χ1n) is 15.0. The van der Waals surface area contributed by atoms with Gasteiger partial charge in [0.05, 0.1) is 0 Å². The fourth-order valence-electron chi connectivity index (χ4n) is 4.75. The summed E-state index contributed by atoms with van der Waals surface area (Å²) in [4.78, 5) is 12.5. The minimum atomic E-state index is -0.112. The zero-order valence-corrected chi connectivity index (χ0v) is 23.6. The number of phenols is 1. The van der Waals surface area contributed by atoms with Crippen LogP contribution in [0, 0.1) is 0 Å². The first-order chi connectivity index (χ1) is 18.1. The highest BCUT2D eigenvalue weighted by atomic mass is 16.3. The quantitative estimate of drug-likeness (QED) is 0.139. The van der Waals surface area contributed by atoms with E-state index >= 15 is 0 Å². The fraction of sp³-hybridized carbons (Fsp3) is 0.559. The van der Waals surface area contributed by atoms with Crippen molar-refractivity contribution >= 4 is 17.7 Å². The number of aryl methyl sites for hydroxylation is 1. The number of carbonyl (C=O) groups excluding carboxylic acids is 1. The van der Waals surface area contributed by atoms with Gasteiger partial charge in [0.1, 0.15) is 5.75 Å². The van der Waals surface area contributed by atoms with Crippen LogP contribution in [0.25, 0.3) is 6.08 Å². The van der Waals surface area contributed by atoms with Crippen molar-refractivity contribution in [2.75, 3.05) is 5.32 Å². The van der Waals surface area contributed by atoms with E-state index in [1.54, 1.807) is 31.2 Å². The second kappa shape index (κ2) is 19.5. The van der Waals surface area contributed by atoms with Crippen molar-refractivity contribution in [3.63, 3.8) is 0 Å². The monoisotopic (exact) mass is 505 g/mol. The van der Waals surface area contributed by atoms with Crippen LogP contribution in [0.3, 0.4) is 0 Å². The lowest BCUT2D eigenvalue weighted by molar-refractivity contribution is -0.112. The maximum atomic E-state index is 12.5. The van der Waals surface area contributed by atoms with Gasteiger partial charge < -0.3 is 10.4 Å². The largest absolute Gasteiger partial charge is 0.508 e. The van der Waals surface area contributed by atoms with E-state index in [1.165, 1.54) is 108 Å². The maximum absolute atomic E-state index is 12.5. The van der Waals surface area contributed by atoms with Gasteiger partial charge in [-0.05, 0) is 61.2 Å². The second-order valence-corrected chi connectivity index (χ2v) is 10.6. The summed E-state index contributed by atoms with van der Waals surface area (Å²) in [6.07, 6.45) is 25.2. The lowest BCUT2D eigenvalue weighted by Crippen LogP contribution is -2.12. The van der Waals surface area contributed by atoms with Crippen molar-refractivity contribution in [1.29, 1.82) is 0 Å². The summed E-state index contributed by atoms with van der Waals surface area (Å²) in [5.74, 6) is 0.109. The van der Waals surface area contributed by atoms with Crippen LogP contribution >= 0.6 is 0 Å². The van der Waals surface area contributed by atoms with Crippen LogP contribution in [-0.2, 0) is 11.2 Å². The Balaban J connectivity index is 1.47. The Morgan fingerprint density at radius 3 is 1.62 bits per heavy atom. The van der Waals surface area contributed by atoms with Gasteiger partial charge in [0.25, 0.3) is 5.91 Å². The normalized spacial score (nSPS) is 11.6. The van der Waals surface area contributed by atoms with Crippen molar-refractivity contribution in [1.82, 2.24) is 0 Å². The fourth-order valence-corrected chi connectivity index (χ4v) is 4.75. The summed E-state index contributed by atoms with van der Waals surface area (Å²) in [6.45, 7) is 4.09. The van der Waals surface area contributed by atoms with Crippen molar-refractivity contribution in [2.45, 2.75) is 123 Å². The van der Waals surface area contributed by atoms with E-state index in [-0.39, 0.29) is 11.7 Å². The molecule has 0 aromatic heterocycles. The number of carbonyl (C=O) groups is 1. The van der Waals surface area contributed by atoms with Crippen LogP contribution in [-0.4, -0.2) is 11.0 Å². The number of hydrogen-bond acceptors (Lipinski definition) is 2. The highest BCUT2D eigenvalue weighted by molar-refractivity contribution is 6.06. The smallest absolute Gasteiger partial charge is 0.251 e. The van der Waals surface area contributed by atoms with E-state index < -0.39 is 0 Å². The number of amides is 1. The Morgan fingerprint density at radius 1 is 0.676 bits per heavy atom. The molecule has 204 valence electrons.